The lowest BCUT2D eigenvalue weighted by atomic mass is 9.89. The first-order valence-electron chi connectivity index (χ1n) is 7.41. The first-order chi connectivity index (χ1) is 10.1. The van der Waals surface area contributed by atoms with Crippen molar-refractivity contribution in [3.8, 4) is 0 Å². The number of nitrogens with zero attached hydrogens (tertiary/aromatic N) is 1. The van der Waals surface area contributed by atoms with Gasteiger partial charge in [-0.1, -0.05) is 42.5 Å². The lowest BCUT2D eigenvalue weighted by molar-refractivity contribution is 0.330. The molecule has 0 amide bonds. The van der Waals surface area contributed by atoms with Gasteiger partial charge in [-0.05, 0) is 31.0 Å². The van der Waals surface area contributed by atoms with E-state index in [1.54, 1.807) is 12.1 Å². The van der Waals surface area contributed by atoms with Gasteiger partial charge in [-0.2, -0.15) is 0 Å². The van der Waals surface area contributed by atoms with Gasteiger partial charge in [0.2, 0.25) is 0 Å². The Morgan fingerprint density at radius 2 is 1.86 bits per heavy atom. The summed E-state index contributed by atoms with van der Waals surface area (Å²) in [5, 5.41) is 3.59. The van der Waals surface area contributed by atoms with E-state index in [1.807, 2.05) is 19.1 Å². The zero-order valence-corrected chi connectivity index (χ0v) is 12.6. The Balaban J connectivity index is 1.93. The van der Waals surface area contributed by atoms with Crippen molar-refractivity contribution in [3.63, 3.8) is 0 Å². The average Bonchev–Trinajstić information content (AvgIpc) is 2.48. The number of piperazine rings is 1. The number of nitrogens with one attached hydrogen (secondary N) is 1. The van der Waals surface area contributed by atoms with E-state index in [0.717, 1.165) is 30.9 Å². The van der Waals surface area contributed by atoms with Crippen LogP contribution in [0.5, 0.6) is 0 Å². The van der Waals surface area contributed by atoms with Crippen LogP contribution in [0.2, 0.25) is 0 Å². The predicted molar refractivity (Wildman–Crippen MR) is 85.1 cm³/mol. The number of hydrogen-bond acceptors (Lipinski definition) is 2. The number of benzene rings is 2. The second kappa shape index (κ2) is 5.49. The summed E-state index contributed by atoms with van der Waals surface area (Å²) in [6, 6.07) is 15.7. The summed E-state index contributed by atoms with van der Waals surface area (Å²) in [6.45, 7) is 6.59. The van der Waals surface area contributed by atoms with Crippen LogP contribution in [0.3, 0.4) is 0 Å². The fourth-order valence-corrected chi connectivity index (χ4v) is 3.20. The zero-order chi connectivity index (χ0) is 14.9. The third-order valence-corrected chi connectivity index (χ3v) is 4.32. The van der Waals surface area contributed by atoms with Gasteiger partial charge in [-0.25, -0.2) is 4.39 Å². The van der Waals surface area contributed by atoms with Crippen LogP contribution in [0, 0.1) is 12.7 Å². The third-order valence-electron chi connectivity index (χ3n) is 4.32. The maximum atomic E-state index is 14.2. The van der Waals surface area contributed by atoms with E-state index in [1.165, 1.54) is 5.56 Å². The van der Waals surface area contributed by atoms with Crippen molar-refractivity contribution < 1.29 is 4.39 Å². The molecule has 2 nitrogen and oxygen atoms in total. The fraction of sp³-hybridized carbons (Fsp3) is 0.333. The topological polar surface area (TPSA) is 15.3 Å². The number of rotatable bonds is 2. The Kier molecular flexibility index (Phi) is 3.68. The second-order valence-corrected chi connectivity index (χ2v) is 5.95. The first-order valence-corrected chi connectivity index (χ1v) is 7.41. The molecule has 2 aromatic carbocycles. The molecule has 21 heavy (non-hydrogen) atoms. The molecule has 0 saturated carbocycles. The summed E-state index contributed by atoms with van der Waals surface area (Å²) in [6.07, 6.45) is 0. The summed E-state index contributed by atoms with van der Waals surface area (Å²) >= 11 is 0. The molecule has 1 unspecified atom stereocenters. The van der Waals surface area contributed by atoms with Crippen LogP contribution in [-0.4, -0.2) is 19.6 Å². The molecule has 0 bridgehead atoms. The Hall–Kier alpha value is -1.87. The summed E-state index contributed by atoms with van der Waals surface area (Å²) in [5.41, 5.74) is 2.81. The van der Waals surface area contributed by atoms with Crippen LogP contribution in [0.1, 0.15) is 18.1 Å². The van der Waals surface area contributed by atoms with Gasteiger partial charge in [0.05, 0.1) is 11.2 Å². The number of aryl methyl sites for hydroxylation is 1. The van der Waals surface area contributed by atoms with Crippen molar-refractivity contribution >= 4 is 5.69 Å². The smallest absolute Gasteiger partial charge is 0.146 e. The van der Waals surface area contributed by atoms with Crippen molar-refractivity contribution in [1.29, 1.82) is 0 Å². The summed E-state index contributed by atoms with van der Waals surface area (Å²) in [7, 11) is 0. The molecule has 1 atom stereocenters. The highest BCUT2D eigenvalue weighted by atomic mass is 19.1. The Labute approximate surface area is 125 Å². The molecular weight excluding hydrogens is 263 g/mol. The van der Waals surface area contributed by atoms with Crippen molar-refractivity contribution in [2.45, 2.75) is 19.4 Å². The number of hydrogen-bond donors (Lipinski definition) is 1. The highest BCUT2D eigenvalue weighted by molar-refractivity contribution is 5.55. The third kappa shape index (κ3) is 2.66. The quantitative estimate of drug-likeness (QED) is 0.908. The zero-order valence-electron chi connectivity index (χ0n) is 12.6. The molecule has 3 heteroatoms. The lowest BCUT2D eigenvalue weighted by Crippen LogP contribution is -2.57. The monoisotopic (exact) mass is 284 g/mol. The summed E-state index contributed by atoms with van der Waals surface area (Å²) in [5.74, 6) is -0.132. The second-order valence-electron chi connectivity index (χ2n) is 5.95. The van der Waals surface area contributed by atoms with Crippen LogP contribution in [0.4, 0.5) is 10.1 Å². The van der Waals surface area contributed by atoms with E-state index in [4.69, 9.17) is 0 Å². The molecule has 1 N–H and O–H groups in total. The van der Waals surface area contributed by atoms with E-state index < -0.39 is 0 Å². The number of halogens is 1. The van der Waals surface area contributed by atoms with Crippen LogP contribution >= 0.6 is 0 Å². The van der Waals surface area contributed by atoms with Gasteiger partial charge in [-0.15, -0.1) is 0 Å². The normalized spacial score (nSPS) is 22.3. The molecular formula is C18H21FN2. The van der Waals surface area contributed by atoms with E-state index in [0.29, 0.717) is 0 Å². The maximum Gasteiger partial charge on any atom is 0.146 e. The highest BCUT2D eigenvalue weighted by Gasteiger charge is 2.33. The highest BCUT2D eigenvalue weighted by Crippen LogP contribution is 2.30. The summed E-state index contributed by atoms with van der Waals surface area (Å²) < 4.78 is 14.2. The molecule has 1 heterocycles. The number of para-hydroxylation sites is 1. The molecule has 1 aliphatic rings. The molecule has 1 fully saturated rings. The minimum atomic E-state index is -0.159. The number of anilines is 1. The minimum Gasteiger partial charge on any atom is -0.365 e. The summed E-state index contributed by atoms with van der Waals surface area (Å²) in [4.78, 5) is 2.16. The Bertz CT molecular complexity index is 606. The van der Waals surface area contributed by atoms with Crippen molar-refractivity contribution in [1.82, 2.24) is 5.32 Å². The Morgan fingerprint density at radius 1 is 1.10 bits per heavy atom. The first kappa shape index (κ1) is 14.1. The predicted octanol–water partition coefficient (Wildman–Crippen LogP) is 3.46. The molecule has 0 aliphatic carbocycles. The van der Waals surface area contributed by atoms with Gasteiger partial charge in [0.1, 0.15) is 5.82 Å². The van der Waals surface area contributed by atoms with Gasteiger partial charge in [0, 0.05) is 19.6 Å². The van der Waals surface area contributed by atoms with E-state index in [2.05, 4.69) is 41.4 Å². The standard InChI is InChI=1S/C18H21FN2/c1-14-7-6-10-16(19)17(14)21-12-11-20-18(2,13-21)15-8-4-3-5-9-15/h3-10,20H,11-13H2,1-2H3. The maximum absolute atomic E-state index is 14.2. The minimum absolute atomic E-state index is 0.132. The van der Waals surface area contributed by atoms with E-state index >= 15 is 0 Å². The van der Waals surface area contributed by atoms with Gasteiger partial charge < -0.3 is 10.2 Å². The molecule has 1 aliphatic heterocycles. The van der Waals surface area contributed by atoms with Crippen LogP contribution in [-0.2, 0) is 5.54 Å². The van der Waals surface area contributed by atoms with Crippen molar-refractivity contribution in [2.75, 3.05) is 24.5 Å². The van der Waals surface area contributed by atoms with Gasteiger partial charge in [0.25, 0.3) is 0 Å². The van der Waals surface area contributed by atoms with E-state index in [9.17, 15) is 4.39 Å². The molecule has 1 saturated heterocycles. The van der Waals surface area contributed by atoms with Gasteiger partial charge in [-0.3, -0.25) is 0 Å². The molecule has 0 radical (unpaired) electrons. The lowest BCUT2D eigenvalue weighted by Gasteiger charge is -2.43. The van der Waals surface area contributed by atoms with E-state index in [-0.39, 0.29) is 11.4 Å². The Morgan fingerprint density at radius 3 is 2.57 bits per heavy atom. The fourth-order valence-electron chi connectivity index (χ4n) is 3.20. The largest absolute Gasteiger partial charge is 0.365 e. The van der Waals surface area contributed by atoms with Crippen LogP contribution < -0.4 is 10.2 Å². The molecule has 110 valence electrons. The molecule has 0 spiro atoms. The van der Waals surface area contributed by atoms with Gasteiger partial charge in [0.15, 0.2) is 0 Å². The molecule has 2 aromatic rings. The van der Waals surface area contributed by atoms with Crippen molar-refractivity contribution in [2.24, 2.45) is 0 Å². The van der Waals surface area contributed by atoms with Crippen LogP contribution in [0.25, 0.3) is 0 Å². The van der Waals surface area contributed by atoms with Gasteiger partial charge >= 0.3 is 0 Å². The van der Waals surface area contributed by atoms with Crippen LogP contribution in [0.15, 0.2) is 48.5 Å². The molecule has 0 aromatic heterocycles. The molecule has 3 rings (SSSR count). The SMILES string of the molecule is Cc1cccc(F)c1N1CCNC(C)(c2ccccc2)C1. The van der Waals surface area contributed by atoms with Crippen molar-refractivity contribution in [3.05, 3.63) is 65.5 Å². The average molecular weight is 284 g/mol.